The zero-order chi connectivity index (χ0) is 16.9. The standard InChI is InChI=1S/C18H24N2O2/c1-13(11-19(3)4)17(21)15-7-9-16(10-8-15)18(22)14(2)12-20(5)6/h7-10H,1-2,11-12H2,3-6H3. The maximum atomic E-state index is 12.2. The van der Waals surface area contributed by atoms with Crippen LogP contribution in [0, 0.1) is 0 Å². The number of hydrogen-bond acceptors (Lipinski definition) is 4. The largest absolute Gasteiger partial charge is 0.305 e. The van der Waals surface area contributed by atoms with Crippen molar-refractivity contribution in [3.63, 3.8) is 0 Å². The van der Waals surface area contributed by atoms with Crippen LogP contribution >= 0.6 is 0 Å². The lowest BCUT2D eigenvalue weighted by Gasteiger charge is -2.12. The van der Waals surface area contributed by atoms with E-state index in [-0.39, 0.29) is 11.6 Å². The van der Waals surface area contributed by atoms with Crippen molar-refractivity contribution in [1.29, 1.82) is 0 Å². The van der Waals surface area contributed by atoms with Gasteiger partial charge in [-0.15, -0.1) is 0 Å². The lowest BCUT2D eigenvalue weighted by molar-refractivity contribution is 0.101. The van der Waals surface area contributed by atoms with E-state index in [1.165, 1.54) is 0 Å². The Hall–Kier alpha value is -2.04. The van der Waals surface area contributed by atoms with E-state index < -0.39 is 0 Å². The third-order valence-corrected chi connectivity index (χ3v) is 3.07. The number of benzene rings is 1. The molecule has 4 heteroatoms. The van der Waals surface area contributed by atoms with Crippen molar-refractivity contribution in [2.24, 2.45) is 0 Å². The van der Waals surface area contributed by atoms with Crippen molar-refractivity contribution in [3.8, 4) is 0 Å². The predicted octanol–water partition coefficient (Wildman–Crippen LogP) is 2.29. The Bertz CT molecular complexity index is 531. The Morgan fingerprint density at radius 3 is 1.27 bits per heavy atom. The number of Topliss-reactive ketones (excluding diaryl/α,β-unsaturated/α-hetero) is 2. The molecule has 0 aliphatic carbocycles. The number of ketones is 2. The maximum Gasteiger partial charge on any atom is 0.189 e. The topological polar surface area (TPSA) is 40.6 Å². The summed E-state index contributed by atoms with van der Waals surface area (Å²) in [5.41, 5.74) is 2.14. The number of rotatable bonds is 8. The van der Waals surface area contributed by atoms with Crippen LogP contribution < -0.4 is 0 Å². The highest BCUT2D eigenvalue weighted by molar-refractivity contribution is 6.11. The fourth-order valence-corrected chi connectivity index (χ4v) is 2.09. The fraction of sp³-hybridized carbons (Fsp3) is 0.333. The summed E-state index contributed by atoms with van der Waals surface area (Å²) in [5.74, 6) is -0.195. The van der Waals surface area contributed by atoms with E-state index in [1.54, 1.807) is 24.3 Å². The summed E-state index contributed by atoms with van der Waals surface area (Å²) >= 11 is 0. The molecule has 1 aromatic rings. The summed E-state index contributed by atoms with van der Waals surface area (Å²) < 4.78 is 0. The molecule has 0 unspecified atom stereocenters. The van der Waals surface area contributed by atoms with E-state index in [0.717, 1.165) is 0 Å². The van der Waals surface area contributed by atoms with Gasteiger partial charge in [-0.1, -0.05) is 37.4 Å². The Morgan fingerprint density at radius 2 is 1.05 bits per heavy atom. The van der Waals surface area contributed by atoms with Gasteiger partial charge in [-0.05, 0) is 28.2 Å². The van der Waals surface area contributed by atoms with Gasteiger partial charge in [0.2, 0.25) is 0 Å². The van der Waals surface area contributed by atoms with Crippen molar-refractivity contribution < 1.29 is 9.59 Å². The molecule has 1 rings (SSSR count). The maximum absolute atomic E-state index is 12.2. The average molecular weight is 300 g/mol. The smallest absolute Gasteiger partial charge is 0.189 e. The lowest BCUT2D eigenvalue weighted by atomic mass is 9.99. The van der Waals surface area contributed by atoms with Gasteiger partial charge in [0.15, 0.2) is 11.6 Å². The predicted molar refractivity (Wildman–Crippen MR) is 90.5 cm³/mol. The van der Waals surface area contributed by atoms with Crippen LogP contribution in [0.3, 0.4) is 0 Å². The van der Waals surface area contributed by atoms with E-state index in [4.69, 9.17) is 0 Å². The molecule has 0 spiro atoms. The third-order valence-electron chi connectivity index (χ3n) is 3.07. The highest BCUT2D eigenvalue weighted by Crippen LogP contribution is 2.13. The minimum Gasteiger partial charge on any atom is -0.305 e. The SMILES string of the molecule is C=C(CN(C)C)C(=O)c1ccc(C(=O)C(=C)CN(C)C)cc1. The monoisotopic (exact) mass is 300 g/mol. The normalized spacial score (nSPS) is 10.8. The van der Waals surface area contributed by atoms with Crippen LogP contribution in [0.1, 0.15) is 20.7 Å². The van der Waals surface area contributed by atoms with Gasteiger partial charge >= 0.3 is 0 Å². The van der Waals surface area contributed by atoms with E-state index in [1.807, 2.05) is 38.0 Å². The summed E-state index contributed by atoms with van der Waals surface area (Å²) in [4.78, 5) is 28.2. The molecule has 0 saturated carbocycles. The summed E-state index contributed by atoms with van der Waals surface area (Å²) in [6, 6.07) is 6.66. The third kappa shape index (κ3) is 5.06. The molecule has 4 nitrogen and oxygen atoms in total. The van der Waals surface area contributed by atoms with Crippen molar-refractivity contribution in [3.05, 3.63) is 59.7 Å². The van der Waals surface area contributed by atoms with Crippen LogP contribution in [-0.4, -0.2) is 62.6 Å². The molecule has 0 heterocycles. The molecule has 0 fully saturated rings. The first-order valence-corrected chi connectivity index (χ1v) is 7.07. The number of carbonyl (C=O) groups excluding carboxylic acids is 2. The molecule has 0 amide bonds. The minimum atomic E-state index is -0.0974. The van der Waals surface area contributed by atoms with Gasteiger partial charge in [0.05, 0.1) is 0 Å². The van der Waals surface area contributed by atoms with E-state index in [9.17, 15) is 9.59 Å². The van der Waals surface area contributed by atoms with Crippen LogP contribution in [0.2, 0.25) is 0 Å². The van der Waals surface area contributed by atoms with Crippen LogP contribution in [0.25, 0.3) is 0 Å². The summed E-state index contributed by atoms with van der Waals surface area (Å²) in [6.07, 6.45) is 0. The molecule has 0 N–H and O–H groups in total. The van der Waals surface area contributed by atoms with Gasteiger partial charge in [0, 0.05) is 35.4 Å². The molecule has 0 atom stereocenters. The summed E-state index contributed by atoms with van der Waals surface area (Å²) in [5, 5.41) is 0. The Morgan fingerprint density at radius 1 is 0.773 bits per heavy atom. The first-order chi connectivity index (χ1) is 10.2. The molecular formula is C18H24N2O2. The van der Waals surface area contributed by atoms with Crippen LogP contribution in [0.5, 0.6) is 0 Å². The summed E-state index contributed by atoms with van der Waals surface area (Å²) in [6.45, 7) is 8.65. The van der Waals surface area contributed by atoms with E-state index >= 15 is 0 Å². The molecule has 118 valence electrons. The molecule has 0 aromatic heterocycles. The Balaban J connectivity index is 2.82. The van der Waals surface area contributed by atoms with Crippen LogP contribution in [0.15, 0.2) is 48.6 Å². The number of nitrogens with zero attached hydrogens (tertiary/aromatic N) is 2. The van der Waals surface area contributed by atoms with Gasteiger partial charge < -0.3 is 9.80 Å². The Kier molecular flexibility index (Phi) is 6.40. The molecule has 0 aliphatic heterocycles. The number of hydrogen-bond donors (Lipinski definition) is 0. The zero-order valence-electron chi connectivity index (χ0n) is 13.8. The molecule has 0 radical (unpaired) electrons. The zero-order valence-corrected chi connectivity index (χ0v) is 13.8. The van der Waals surface area contributed by atoms with Crippen molar-refractivity contribution in [2.45, 2.75) is 0 Å². The average Bonchev–Trinajstić information content (AvgIpc) is 2.44. The fourth-order valence-electron chi connectivity index (χ4n) is 2.09. The molecular weight excluding hydrogens is 276 g/mol. The quantitative estimate of drug-likeness (QED) is 0.545. The summed E-state index contributed by atoms with van der Waals surface area (Å²) in [7, 11) is 7.54. The van der Waals surface area contributed by atoms with Crippen LogP contribution in [0.4, 0.5) is 0 Å². The molecule has 0 saturated heterocycles. The second-order valence-corrected chi connectivity index (χ2v) is 5.92. The van der Waals surface area contributed by atoms with Crippen molar-refractivity contribution in [1.82, 2.24) is 9.80 Å². The van der Waals surface area contributed by atoms with E-state index in [2.05, 4.69) is 13.2 Å². The number of carbonyl (C=O) groups is 2. The molecule has 1 aromatic carbocycles. The first kappa shape index (κ1) is 18.0. The Labute approximate surface area is 132 Å². The second kappa shape index (κ2) is 7.82. The molecule has 0 bridgehead atoms. The second-order valence-electron chi connectivity index (χ2n) is 5.92. The van der Waals surface area contributed by atoms with Gasteiger partial charge in [-0.2, -0.15) is 0 Å². The van der Waals surface area contributed by atoms with E-state index in [0.29, 0.717) is 35.4 Å². The lowest BCUT2D eigenvalue weighted by Crippen LogP contribution is -2.20. The van der Waals surface area contributed by atoms with Gasteiger partial charge in [-0.3, -0.25) is 9.59 Å². The molecule has 22 heavy (non-hydrogen) atoms. The first-order valence-electron chi connectivity index (χ1n) is 7.07. The molecule has 0 aliphatic rings. The van der Waals surface area contributed by atoms with Gasteiger partial charge in [0.1, 0.15) is 0 Å². The van der Waals surface area contributed by atoms with Gasteiger partial charge in [-0.25, -0.2) is 0 Å². The minimum absolute atomic E-state index is 0.0974. The van der Waals surface area contributed by atoms with Crippen LogP contribution in [-0.2, 0) is 0 Å². The van der Waals surface area contributed by atoms with Crippen molar-refractivity contribution in [2.75, 3.05) is 41.3 Å². The highest BCUT2D eigenvalue weighted by Gasteiger charge is 2.14. The highest BCUT2D eigenvalue weighted by atomic mass is 16.1. The number of likely N-dealkylation sites (N-methyl/N-ethyl adjacent to an activating group) is 2. The van der Waals surface area contributed by atoms with Gasteiger partial charge in [0.25, 0.3) is 0 Å². The van der Waals surface area contributed by atoms with Crippen molar-refractivity contribution >= 4 is 11.6 Å².